The molecule has 2 aromatic carbocycles. The fraction of sp³-hybridized carbons (Fsp3) is 0.250. The second-order valence-corrected chi connectivity index (χ2v) is 6.76. The van der Waals surface area contributed by atoms with Gasteiger partial charge < -0.3 is 19.9 Å². The van der Waals surface area contributed by atoms with Crippen LogP contribution in [0.25, 0.3) is 0 Å². The average Bonchev–Trinajstić information content (AvgIpc) is 2.72. The van der Waals surface area contributed by atoms with Crippen LogP contribution in [0, 0.1) is 11.6 Å². The molecule has 0 saturated carbocycles. The highest BCUT2D eigenvalue weighted by molar-refractivity contribution is 5.97. The Bertz CT molecular complexity index is 1020. The normalized spacial score (nSPS) is 14.2. The van der Waals surface area contributed by atoms with E-state index >= 15 is 0 Å². The Morgan fingerprint density at radius 1 is 0.875 bits per heavy atom. The van der Waals surface area contributed by atoms with Crippen LogP contribution in [0.15, 0.2) is 36.4 Å². The third kappa shape index (κ3) is 5.50. The number of carbonyl (C=O) groups excluding carboxylic acids is 3. The molecule has 2 aromatic rings. The fourth-order valence-electron chi connectivity index (χ4n) is 3.20. The summed E-state index contributed by atoms with van der Waals surface area (Å²) >= 11 is 0. The number of nitrogens with one attached hydrogen (secondary N) is 1. The number of halogens is 5. The molecule has 32 heavy (non-hydrogen) atoms. The lowest BCUT2D eigenvalue weighted by Gasteiger charge is -2.35. The molecule has 1 heterocycles. The highest BCUT2D eigenvalue weighted by atomic mass is 19.4. The number of alkyl halides is 3. The maximum Gasteiger partial charge on any atom is 0.573 e. The van der Waals surface area contributed by atoms with Crippen molar-refractivity contribution in [3.8, 4) is 5.75 Å². The number of benzene rings is 2. The standard InChI is InChI=1S/C20H16F5N3O4/c21-14-7-13(8-15(22)10-14)19(31)28-5-3-27(4-6-28)18(30)12-1-2-16(26-11-29)17(9-12)32-20(23,24)25/h1-2,7-11H,3-6H2,(H,26,29). The molecule has 3 rings (SSSR count). The second kappa shape index (κ2) is 9.20. The zero-order valence-electron chi connectivity index (χ0n) is 16.3. The predicted molar refractivity (Wildman–Crippen MR) is 101 cm³/mol. The predicted octanol–water partition coefficient (Wildman–Crippen LogP) is 3.03. The van der Waals surface area contributed by atoms with Crippen LogP contribution in [-0.2, 0) is 4.79 Å². The molecule has 7 nitrogen and oxygen atoms in total. The van der Waals surface area contributed by atoms with Crippen molar-refractivity contribution in [3.05, 3.63) is 59.2 Å². The molecule has 1 fully saturated rings. The van der Waals surface area contributed by atoms with Crippen molar-refractivity contribution in [2.45, 2.75) is 6.36 Å². The van der Waals surface area contributed by atoms with Crippen LogP contribution in [0.3, 0.4) is 0 Å². The lowest BCUT2D eigenvalue weighted by Crippen LogP contribution is -2.50. The molecule has 1 aliphatic rings. The van der Waals surface area contributed by atoms with Gasteiger partial charge in [-0.05, 0) is 30.3 Å². The van der Waals surface area contributed by atoms with Crippen LogP contribution in [0.4, 0.5) is 27.6 Å². The van der Waals surface area contributed by atoms with E-state index in [-0.39, 0.29) is 49.4 Å². The Labute approximate surface area is 178 Å². The molecule has 3 amide bonds. The number of ether oxygens (including phenoxy) is 1. The fourth-order valence-corrected chi connectivity index (χ4v) is 3.20. The van der Waals surface area contributed by atoms with E-state index in [0.717, 1.165) is 24.3 Å². The minimum Gasteiger partial charge on any atom is -0.404 e. The molecule has 0 aliphatic carbocycles. The average molecular weight is 457 g/mol. The third-order valence-electron chi connectivity index (χ3n) is 4.63. The number of anilines is 1. The Morgan fingerprint density at radius 3 is 1.91 bits per heavy atom. The number of amides is 3. The first-order valence-electron chi connectivity index (χ1n) is 9.22. The van der Waals surface area contributed by atoms with Crippen molar-refractivity contribution in [1.82, 2.24) is 9.80 Å². The van der Waals surface area contributed by atoms with Gasteiger partial charge in [0.15, 0.2) is 5.75 Å². The molecule has 0 unspecified atom stereocenters. The van der Waals surface area contributed by atoms with Gasteiger partial charge in [0, 0.05) is 43.4 Å². The van der Waals surface area contributed by atoms with E-state index in [1.807, 2.05) is 0 Å². The van der Waals surface area contributed by atoms with Gasteiger partial charge in [0.05, 0.1) is 5.69 Å². The smallest absolute Gasteiger partial charge is 0.404 e. The summed E-state index contributed by atoms with van der Waals surface area (Å²) in [5.74, 6) is -3.77. The molecule has 0 bridgehead atoms. The molecule has 0 aromatic heterocycles. The molecule has 12 heteroatoms. The maximum absolute atomic E-state index is 13.4. The van der Waals surface area contributed by atoms with Crippen LogP contribution >= 0.6 is 0 Å². The van der Waals surface area contributed by atoms with Crippen LogP contribution in [0.2, 0.25) is 0 Å². The molecule has 0 radical (unpaired) electrons. The van der Waals surface area contributed by atoms with E-state index in [1.165, 1.54) is 15.9 Å². The molecular weight excluding hydrogens is 441 g/mol. The third-order valence-corrected chi connectivity index (χ3v) is 4.63. The van der Waals surface area contributed by atoms with Crippen LogP contribution in [-0.4, -0.2) is 60.6 Å². The van der Waals surface area contributed by atoms with Gasteiger partial charge in [-0.1, -0.05) is 0 Å². The van der Waals surface area contributed by atoms with Crippen LogP contribution in [0.1, 0.15) is 20.7 Å². The number of hydrogen-bond acceptors (Lipinski definition) is 4. The van der Waals surface area contributed by atoms with E-state index in [0.29, 0.717) is 6.07 Å². The van der Waals surface area contributed by atoms with Gasteiger partial charge in [0.2, 0.25) is 6.41 Å². The Hall–Kier alpha value is -3.70. The quantitative estimate of drug-likeness (QED) is 0.553. The maximum atomic E-state index is 13.4. The summed E-state index contributed by atoms with van der Waals surface area (Å²) in [5, 5.41) is 2.06. The summed E-state index contributed by atoms with van der Waals surface area (Å²) in [6.07, 6.45) is -4.87. The van der Waals surface area contributed by atoms with Gasteiger partial charge >= 0.3 is 6.36 Å². The van der Waals surface area contributed by atoms with Crippen molar-refractivity contribution >= 4 is 23.9 Å². The lowest BCUT2D eigenvalue weighted by atomic mass is 10.1. The molecule has 0 spiro atoms. The van der Waals surface area contributed by atoms with Crippen molar-refractivity contribution in [2.75, 3.05) is 31.5 Å². The van der Waals surface area contributed by atoms with Gasteiger partial charge in [0.25, 0.3) is 11.8 Å². The van der Waals surface area contributed by atoms with E-state index in [4.69, 9.17) is 0 Å². The molecule has 1 aliphatic heterocycles. The Kier molecular flexibility index (Phi) is 6.61. The molecule has 1 saturated heterocycles. The molecule has 170 valence electrons. The van der Waals surface area contributed by atoms with Gasteiger partial charge in [-0.3, -0.25) is 14.4 Å². The van der Waals surface area contributed by atoms with Crippen molar-refractivity contribution in [2.24, 2.45) is 0 Å². The zero-order chi connectivity index (χ0) is 23.5. The van der Waals surface area contributed by atoms with Crippen molar-refractivity contribution < 1.29 is 41.1 Å². The lowest BCUT2D eigenvalue weighted by molar-refractivity contribution is -0.274. The van der Waals surface area contributed by atoms with E-state index < -0.39 is 35.6 Å². The molecule has 1 N–H and O–H groups in total. The SMILES string of the molecule is O=CNc1ccc(C(=O)N2CCN(C(=O)c3cc(F)cc(F)c3)CC2)cc1OC(F)(F)F. The molecular formula is C20H16F5N3O4. The Morgan fingerprint density at radius 2 is 1.41 bits per heavy atom. The van der Waals surface area contributed by atoms with Gasteiger partial charge in [-0.25, -0.2) is 8.78 Å². The first kappa shape index (κ1) is 23.0. The van der Waals surface area contributed by atoms with E-state index in [2.05, 4.69) is 10.1 Å². The highest BCUT2D eigenvalue weighted by Gasteiger charge is 2.33. The van der Waals surface area contributed by atoms with E-state index in [1.54, 1.807) is 0 Å². The summed E-state index contributed by atoms with van der Waals surface area (Å²) in [6.45, 7) is 0.205. The molecule has 0 atom stereocenters. The highest BCUT2D eigenvalue weighted by Crippen LogP contribution is 2.31. The number of nitrogens with zero attached hydrogens (tertiary/aromatic N) is 2. The number of rotatable bonds is 5. The first-order chi connectivity index (χ1) is 15.1. The second-order valence-electron chi connectivity index (χ2n) is 6.76. The van der Waals surface area contributed by atoms with Crippen molar-refractivity contribution in [3.63, 3.8) is 0 Å². The summed E-state index contributed by atoms with van der Waals surface area (Å²) in [7, 11) is 0. The monoisotopic (exact) mass is 457 g/mol. The van der Waals surface area contributed by atoms with E-state index in [9.17, 15) is 36.3 Å². The minimum atomic E-state index is -5.04. The van der Waals surface area contributed by atoms with Gasteiger partial charge in [-0.2, -0.15) is 0 Å². The van der Waals surface area contributed by atoms with Crippen LogP contribution < -0.4 is 10.1 Å². The number of piperazine rings is 1. The van der Waals surface area contributed by atoms with Crippen LogP contribution in [0.5, 0.6) is 5.75 Å². The topological polar surface area (TPSA) is 79.0 Å². The zero-order valence-corrected chi connectivity index (χ0v) is 16.3. The number of carbonyl (C=O) groups is 3. The van der Waals surface area contributed by atoms with Gasteiger partial charge in [-0.15, -0.1) is 13.2 Å². The summed E-state index contributed by atoms with van der Waals surface area (Å²) < 4.78 is 68.5. The summed E-state index contributed by atoms with van der Waals surface area (Å²) in [4.78, 5) is 38.4. The van der Waals surface area contributed by atoms with Crippen molar-refractivity contribution in [1.29, 1.82) is 0 Å². The van der Waals surface area contributed by atoms with Gasteiger partial charge in [0.1, 0.15) is 11.6 Å². The Balaban J connectivity index is 1.70. The summed E-state index contributed by atoms with van der Waals surface area (Å²) in [5.41, 5.74) is -0.561. The number of hydrogen-bond donors (Lipinski definition) is 1. The largest absolute Gasteiger partial charge is 0.573 e. The summed E-state index contributed by atoms with van der Waals surface area (Å²) in [6, 6.07) is 5.63. The first-order valence-corrected chi connectivity index (χ1v) is 9.22. The minimum absolute atomic E-state index is 0.0478.